The summed E-state index contributed by atoms with van der Waals surface area (Å²) in [6, 6.07) is 5.82. The second-order valence-electron chi connectivity index (χ2n) is 6.14. The van der Waals surface area contributed by atoms with E-state index in [-0.39, 0.29) is 24.1 Å². The van der Waals surface area contributed by atoms with Crippen molar-refractivity contribution in [2.45, 2.75) is 25.1 Å². The van der Waals surface area contributed by atoms with E-state index in [1.807, 2.05) is 0 Å². The summed E-state index contributed by atoms with van der Waals surface area (Å²) < 4.78 is 41.5. The van der Waals surface area contributed by atoms with Crippen LogP contribution in [-0.4, -0.2) is 41.3 Å². The summed E-state index contributed by atoms with van der Waals surface area (Å²) in [4.78, 5) is 24.9. The summed E-state index contributed by atoms with van der Waals surface area (Å²) in [7, 11) is 0. The van der Waals surface area contributed by atoms with Crippen LogP contribution in [-0.2, 0) is 9.59 Å². The number of likely N-dealkylation sites (tertiary alicyclic amines) is 1. The van der Waals surface area contributed by atoms with E-state index in [0.29, 0.717) is 24.9 Å². The Kier molecular flexibility index (Phi) is 4.15. The predicted molar refractivity (Wildman–Crippen MR) is 76.3 cm³/mol. The molecule has 2 aliphatic rings. The summed E-state index contributed by atoms with van der Waals surface area (Å²) >= 11 is 0. The van der Waals surface area contributed by atoms with E-state index in [9.17, 15) is 22.8 Å². The van der Waals surface area contributed by atoms with Crippen LogP contribution in [0.4, 0.5) is 13.2 Å². The molecule has 8 heteroatoms. The van der Waals surface area contributed by atoms with Gasteiger partial charge < -0.3 is 14.7 Å². The lowest BCUT2D eigenvalue weighted by Crippen LogP contribution is -2.31. The molecule has 1 aromatic carbocycles. The van der Waals surface area contributed by atoms with Crippen molar-refractivity contribution >= 4 is 11.9 Å². The van der Waals surface area contributed by atoms with Gasteiger partial charge in [-0.3, -0.25) is 9.59 Å². The molecular weight excluding hydrogens is 327 g/mol. The molecule has 3 atom stereocenters. The molecule has 0 aromatic heterocycles. The minimum Gasteiger partial charge on any atom is -0.481 e. The third-order valence-corrected chi connectivity index (χ3v) is 4.50. The van der Waals surface area contributed by atoms with Crippen molar-refractivity contribution in [1.82, 2.24) is 4.90 Å². The molecule has 0 bridgehead atoms. The zero-order valence-electron chi connectivity index (χ0n) is 12.6. The normalized spacial score (nSPS) is 26.3. The lowest BCUT2D eigenvalue weighted by Gasteiger charge is -2.16. The number of benzene rings is 1. The molecule has 1 N–H and O–H groups in total. The second-order valence-corrected chi connectivity index (χ2v) is 6.14. The lowest BCUT2D eigenvalue weighted by molar-refractivity contribution is -0.274. The highest BCUT2D eigenvalue weighted by molar-refractivity contribution is 5.84. The highest BCUT2D eigenvalue weighted by atomic mass is 19.4. The maximum absolute atomic E-state index is 12.5. The maximum atomic E-state index is 12.5. The monoisotopic (exact) mass is 343 g/mol. The van der Waals surface area contributed by atoms with E-state index < -0.39 is 24.2 Å². The van der Waals surface area contributed by atoms with Crippen LogP contribution >= 0.6 is 0 Å². The summed E-state index contributed by atoms with van der Waals surface area (Å²) in [5.41, 5.74) is 0.363. The highest BCUT2D eigenvalue weighted by Crippen LogP contribution is 2.52. The van der Waals surface area contributed by atoms with Crippen LogP contribution in [0.2, 0.25) is 0 Å². The summed E-state index contributed by atoms with van der Waals surface area (Å²) in [6.45, 7) is 0.539. The van der Waals surface area contributed by atoms with Crippen molar-refractivity contribution in [2.24, 2.45) is 11.8 Å². The first kappa shape index (κ1) is 16.6. The quantitative estimate of drug-likeness (QED) is 0.913. The molecule has 5 nitrogen and oxygen atoms in total. The van der Waals surface area contributed by atoms with Crippen molar-refractivity contribution in [2.75, 3.05) is 13.1 Å². The van der Waals surface area contributed by atoms with Gasteiger partial charge in [0.25, 0.3) is 0 Å². The van der Waals surface area contributed by atoms with E-state index in [1.165, 1.54) is 23.1 Å². The van der Waals surface area contributed by atoms with E-state index >= 15 is 0 Å². The number of nitrogens with zero attached hydrogens (tertiary/aromatic N) is 1. The van der Waals surface area contributed by atoms with Crippen molar-refractivity contribution in [3.8, 4) is 5.75 Å². The number of aliphatic carboxylic acids is 1. The summed E-state index contributed by atoms with van der Waals surface area (Å²) in [6.07, 6.45) is -3.92. The Bertz CT molecular complexity index is 661. The van der Waals surface area contributed by atoms with Crippen molar-refractivity contribution in [1.29, 1.82) is 0 Å². The van der Waals surface area contributed by atoms with Gasteiger partial charge in [-0.2, -0.15) is 0 Å². The van der Waals surface area contributed by atoms with Crippen LogP contribution in [0.3, 0.4) is 0 Å². The molecule has 1 saturated carbocycles. The number of carbonyl (C=O) groups is 2. The Morgan fingerprint density at radius 1 is 1.25 bits per heavy atom. The van der Waals surface area contributed by atoms with E-state index in [0.717, 1.165) is 0 Å². The smallest absolute Gasteiger partial charge is 0.481 e. The average molecular weight is 343 g/mol. The average Bonchev–Trinajstić information content (AvgIpc) is 3.12. The van der Waals surface area contributed by atoms with Gasteiger partial charge in [0.2, 0.25) is 5.91 Å². The molecule has 0 radical (unpaired) electrons. The molecular formula is C16H16F3NO4. The zero-order chi connectivity index (χ0) is 17.5. The second kappa shape index (κ2) is 5.99. The molecule has 0 spiro atoms. The number of carboxylic acids is 1. The Morgan fingerprint density at radius 3 is 2.58 bits per heavy atom. The van der Waals surface area contributed by atoms with Gasteiger partial charge in [-0.1, -0.05) is 18.2 Å². The minimum atomic E-state index is -4.78. The van der Waals surface area contributed by atoms with Gasteiger partial charge >= 0.3 is 12.3 Å². The number of carboxylic acid groups (broad SMARTS) is 1. The molecule has 1 aliphatic heterocycles. The largest absolute Gasteiger partial charge is 0.573 e. The highest BCUT2D eigenvalue weighted by Gasteiger charge is 2.49. The van der Waals surface area contributed by atoms with Gasteiger partial charge in [0.1, 0.15) is 5.75 Å². The first-order chi connectivity index (χ1) is 11.3. The van der Waals surface area contributed by atoms with Crippen molar-refractivity contribution < 1.29 is 32.6 Å². The number of halogens is 3. The Balaban J connectivity index is 1.68. The first-order valence-electron chi connectivity index (χ1n) is 7.62. The Labute approximate surface area is 136 Å². The number of para-hydroxylation sites is 1. The number of hydrogen-bond acceptors (Lipinski definition) is 3. The third-order valence-electron chi connectivity index (χ3n) is 4.50. The molecule has 1 saturated heterocycles. The standard InChI is InChI=1S/C16H16F3NO4/c17-16(18,19)24-13-4-2-1-3-10(13)11-7-12(11)14(21)20-6-5-9(8-20)15(22)23/h1-4,9,11-12H,5-8H2,(H,22,23). The van der Waals surface area contributed by atoms with Crippen LogP contribution in [0.5, 0.6) is 5.75 Å². The Hall–Kier alpha value is -2.25. The molecule has 3 rings (SSSR count). The van der Waals surface area contributed by atoms with Crippen LogP contribution in [0.15, 0.2) is 24.3 Å². The van der Waals surface area contributed by atoms with E-state index in [1.54, 1.807) is 6.07 Å². The van der Waals surface area contributed by atoms with Gasteiger partial charge in [-0.25, -0.2) is 0 Å². The van der Waals surface area contributed by atoms with Crippen LogP contribution in [0.25, 0.3) is 0 Å². The molecule has 2 fully saturated rings. The van der Waals surface area contributed by atoms with Gasteiger partial charge in [-0.05, 0) is 30.4 Å². The van der Waals surface area contributed by atoms with Gasteiger partial charge in [0.05, 0.1) is 5.92 Å². The molecule has 3 unspecified atom stereocenters. The fourth-order valence-corrected chi connectivity index (χ4v) is 3.21. The maximum Gasteiger partial charge on any atom is 0.573 e. The third kappa shape index (κ3) is 3.47. The van der Waals surface area contributed by atoms with Gasteiger partial charge in [0, 0.05) is 19.0 Å². The number of hydrogen-bond donors (Lipinski definition) is 1. The van der Waals surface area contributed by atoms with Crippen LogP contribution in [0, 0.1) is 11.8 Å². The molecule has 1 heterocycles. The lowest BCUT2D eigenvalue weighted by atomic mass is 10.1. The van der Waals surface area contributed by atoms with Crippen LogP contribution < -0.4 is 4.74 Å². The van der Waals surface area contributed by atoms with E-state index in [4.69, 9.17) is 5.11 Å². The molecule has 24 heavy (non-hydrogen) atoms. The molecule has 1 amide bonds. The number of ether oxygens (including phenoxy) is 1. The topological polar surface area (TPSA) is 66.8 Å². The number of amides is 1. The minimum absolute atomic E-state index is 0.165. The SMILES string of the molecule is O=C(O)C1CCN(C(=O)C2CC2c2ccccc2OC(F)(F)F)C1. The number of carbonyl (C=O) groups excluding carboxylic acids is 1. The van der Waals surface area contributed by atoms with Gasteiger partial charge in [0.15, 0.2) is 0 Å². The fourth-order valence-electron chi connectivity index (χ4n) is 3.21. The molecule has 1 aliphatic carbocycles. The zero-order valence-corrected chi connectivity index (χ0v) is 12.6. The van der Waals surface area contributed by atoms with Crippen molar-refractivity contribution in [3.63, 3.8) is 0 Å². The number of rotatable bonds is 4. The van der Waals surface area contributed by atoms with Crippen molar-refractivity contribution in [3.05, 3.63) is 29.8 Å². The molecule has 1 aromatic rings. The Morgan fingerprint density at radius 2 is 1.96 bits per heavy atom. The summed E-state index contributed by atoms with van der Waals surface area (Å²) in [5.74, 6) is -2.69. The predicted octanol–water partition coefficient (Wildman–Crippen LogP) is 2.62. The van der Waals surface area contributed by atoms with Gasteiger partial charge in [-0.15, -0.1) is 13.2 Å². The summed E-state index contributed by atoms with van der Waals surface area (Å²) in [5, 5.41) is 8.98. The molecule has 130 valence electrons. The first-order valence-corrected chi connectivity index (χ1v) is 7.62. The van der Waals surface area contributed by atoms with E-state index in [2.05, 4.69) is 4.74 Å². The number of alkyl halides is 3. The fraction of sp³-hybridized carbons (Fsp3) is 0.500. The van der Waals surface area contributed by atoms with Crippen LogP contribution in [0.1, 0.15) is 24.3 Å².